The standard InChI is InChI=1S/C17H16BrFN2O/c18-12-2-1-3-15(10-12)20-16(17(22)21-14-8-9-14)11-4-6-13(19)7-5-11/h1-7,10,14,16,20H,8-9H2,(H,21,22)/t16-/m0/s1. The lowest BCUT2D eigenvalue weighted by Crippen LogP contribution is -2.34. The van der Waals surface area contributed by atoms with Crippen LogP contribution in [0.15, 0.2) is 53.0 Å². The summed E-state index contributed by atoms with van der Waals surface area (Å²) in [5.41, 5.74) is 1.56. The number of hydrogen-bond donors (Lipinski definition) is 2. The Morgan fingerprint density at radius 2 is 1.91 bits per heavy atom. The van der Waals surface area contributed by atoms with Crippen molar-refractivity contribution in [3.63, 3.8) is 0 Å². The van der Waals surface area contributed by atoms with Gasteiger partial charge in [0.2, 0.25) is 5.91 Å². The molecule has 0 spiro atoms. The fraction of sp³-hybridized carbons (Fsp3) is 0.235. The van der Waals surface area contributed by atoms with Crippen LogP contribution in [0.25, 0.3) is 0 Å². The third-order valence-corrected chi connectivity index (χ3v) is 4.02. The smallest absolute Gasteiger partial charge is 0.247 e. The van der Waals surface area contributed by atoms with Gasteiger partial charge in [0.15, 0.2) is 0 Å². The minimum absolute atomic E-state index is 0.0888. The van der Waals surface area contributed by atoms with Crippen molar-refractivity contribution in [3.05, 3.63) is 64.4 Å². The largest absolute Gasteiger partial charge is 0.370 e. The fourth-order valence-electron chi connectivity index (χ4n) is 2.21. The van der Waals surface area contributed by atoms with Gasteiger partial charge in [-0.15, -0.1) is 0 Å². The molecule has 1 atom stereocenters. The highest BCUT2D eigenvalue weighted by molar-refractivity contribution is 9.10. The summed E-state index contributed by atoms with van der Waals surface area (Å²) in [7, 11) is 0. The fourth-order valence-corrected chi connectivity index (χ4v) is 2.61. The van der Waals surface area contributed by atoms with Crippen molar-refractivity contribution >= 4 is 27.5 Å². The van der Waals surface area contributed by atoms with Crippen LogP contribution in [0.1, 0.15) is 24.4 Å². The molecule has 22 heavy (non-hydrogen) atoms. The minimum Gasteiger partial charge on any atom is -0.370 e. The first-order chi connectivity index (χ1) is 10.6. The highest BCUT2D eigenvalue weighted by atomic mass is 79.9. The predicted octanol–water partition coefficient (Wildman–Crippen LogP) is 4.02. The Hall–Kier alpha value is -1.88. The highest BCUT2D eigenvalue weighted by Crippen LogP contribution is 2.25. The summed E-state index contributed by atoms with van der Waals surface area (Å²) < 4.78 is 14.1. The van der Waals surface area contributed by atoms with E-state index in [2.05, 4.69) is 26.6 Å². The number of rotatable bonds is 5. The number of nitrogens with one attached hydrogen (secondary N) is 2. The molecule has 2 N–H and O–H groups in total. The molecule has 2 aromatic rings. The molecule has 3 nitrogen and oxygen atoms in total. The lowest BCUT2D eigenvalue weighted by atomic mass is 10.1. The van der Waals surface area contributed by atoms with Gasteiger partial charge in [-0.2, -0.15) is 0 Å². The van der Waals surface area contributed by atoms with Crippen molar-refractivity contribution in [1.82, 2.24) is 5.32 Å². The Kier molecular flexibility index (Phi) is 4.43. The summed E-state index contributed by atoms with van der Waals surface area (Å²) in [5.74, 6) is -0.401. The van der Waals surface area contributed by atoms with Crippen LogP contribution in [-0.2, 0) is 4.79 Å². The Morgan fingerprint density at radius 1 is 1.18 bits per heavy atom. The second-order valence-corrected chi connectivity index (χ2v) is 6.34. The van der Waals surface area contributed by atoms with E-state index in [-0.39, 0.29) is 17.8 Å². The second kappa shape index (κ2) is 6.48. The lowest BCUT2D eigenvalue weighted by molar-refractivity contribution is -0.122. The highest BCUT2D eigenvalue weighted by Gasteiger charge is 2.28. The van der Waals surface area contributed by atoms with Crippen molar-refractivity contribution in [2.24, 2.45) is 0 Å². The maximum atomic E-state index is 13.1. The molecule has 0 bridgehead atoms. The number of anilines is 1. The first-order valence-electron chi connectivity index (χ1n) is 7.20. The third-order valence-electron chi connectivity index (χ3n) is 3.52. The zero-order valence-corrected chi connectivity index (χ0v) is 13.4. The number of carbonyl (C=O) groups is 1. The monoisotopic (exact) mass is 362 g/mol. The molecule has 1 aliphatic rings. The van der Waals surface area contributed by atoms with Gasteiger partial charge in [0, 0.05) is 16.2 Å². The lowest BCUT2D eigenvalue weighted by Gasteiger charge is -2.20. The van der Waals surface area contributed by atoms with E-state index >= 15 is 0 Å². The van der Waals surface area contributed by atoms with Crippen LogP contribution in [0.3, 0.4) is 0 Å². The van der Waals surface area contributed by atoms with E-state index in [0.717, 1.165) is 28.6 Å². The summed E-state index contributed by atoms with van der Waals surface area (Å²) in [6.07, 6.45) is 2.05. The van der Waals surface area contributed by atoms with Crippen LogP contribution in [0.4, 0.5) is 10.1 Å². The minimum atomic E-state index is -0.546. The normalized spacial score (nSPS) is 15.2. The van der Waals surface area contributed by atoms with Crippen LogP contribution < -0.4 is 10.6 Å². The molecule has 1 fully saturated rings. The zero-order valence-electron chi connectivity index (χ0n) is 11.9. The molecule has 0 saturated heterocycles. The van der Waals surface area contributed by atoms with E-state index in [0.29, 0.717) is 0 Å². The molecule has 0 aromatic heterocycles. The number of amides is 1. The molecular weight excluding hydrogens is 347 g/mol. The molecular formula is C17H16BrFN2O. The SMILES string of the molecule is O=C(NC1CC1)[C@@H](Nc1cccc(Br)c1)c1ccc(F)cc1. The second-order valence-electron chi connectivity index (χ2n) is 5.42. The van der Waals surface area contributed by atoms with Gasteiger partial charge >= 0.3 is 0 Å². The average molecular weight is 363 g/mol. The van der Waals surface area contributed by atoms with Crippen LogP contribution >= 0.6 is 15.9 Å². The first kappa shape index (κ1) is 15.0. The summed E-state index contributed by atoms with van der Waals surface area (Å²) >= 11 is 3.42. The zero-order chi connectivity index (χ0) is 15.5. The van der Waals surface area contributed by atoms with Gasteiger partial charge in [-0.3, -0.25) is 4.79 Å². The van der Waals surface area contributed by atoms with Crippen molar-refractivity contribution < 1.29 is 9.18 Å². The number of halogens is 2. The van der Waals surface area contributed by atoms with Crippen molar-refractivity contribution in [1.29, 1.82) is 0 Å². The molecule has 114 valence electrons. The maximum absolute atomic E-state index is 13.1. The molecule has 0 radical (unpaired) electrons. The average Bonchev–Trinajstić information content (AvgIpc) is 3.30. The molecule has 1 amide bonds. The van der Waals surface area contributed by atoms with Crippen LogP contribution in [0.5, 0.6) is 0 Å². The topological polar surface area (TPSA) is 41.1 Å². The Bertz CT molecular complexity index is 671. The number of hydrogen-bond acceptors (Lipinski definition) is 2. The van der Waals surface area contributed by atoms with Crippen molar-refractivity contribution in [2.45, 2.75) is 24.9 Å². The molecule has 2 aromatic carbocycles. The first-order valence-corrected chi connectivity index (χ1v) is 7.99. The summed E-state index contributed by atoms with van der Waals surface area (Å²) in [6, 6.07) is 13.4. The van der Waals surface area contributed by atoms with Gasteiger partial charge < -0.3 is 10.6 Å². The molecule has 0 unspecified atom stereocenters. The summed E-state index contributed by atoms with van der Waals surface area (Å²) in [4.78, 5) is 12.5. The Labute approximate surface area is 137 Å². The van der Waals surface area contributed by atoms with Gasteiger partial charge in [0.25, 0.3) is 0 Å². The summed E-state index contributed by atoms with van der Waals surface area (Å²) in [5, 5.41) is 6.22. The van der Waals surface area contributed by atoms with E-state index in [4.69, 9.17) is 0 Å². The molecule has 3 rings (SSSR count). The van der Waals surface area contributed by atoms with E-state index in [1.807, 2.05) is 24.3 Å². The van der Waals surface area contributed by atoms with Crippen LogP contribution in [-0.4, -0.2) is 11.9 Å². The van der Waals surface area contributed by atoms with Crippen molar-refractivity contribution in [3.8, 4) is 0 Å². The quantitative estimate of drug-likeness (QED) is 0.843. The van der Waals surface area contributed by atoms with Crippen molar-refractivity contribution in [2.75, 3.05) is 5.32 Å². The van der Waals surface area contributed by atoms with Gasteiger partial charge in [-0.05, 0) is 48.7 Å². The van der Waals surface area contributed by atoms with Gasteiger partial charge in [-0.1, -0.05) is 34.1 Å². The molecule has 0 heterocycles. The molecule has 0 aliphatic heterocycles. The van der Waals surface area contributed by atoms with Crippen LogP contribution in [0.2, 0.25) is 0 Å². The van der Waals surface area contributed by atoms with E-state index in [1.165, 1.54) is 12.1 Å². The van der Waals surface area contributed by atoms with E-state index < -0.39 is 6.04 Å². The Morgan fingerprint density at radius 3 is 2.55 bits per heavy atom. The van der Waals surface area contributed by atoms with E-state index in [9.17, 15) is 9.18 Å². The number of carbonyl (C=O) groups excluding carboxylic acids is 1. The number of benzene rings is 2. The predicted molar refractivity (Wildman–Crippen MR) is 88.1 cm³/mol. The molecule has 1 aliphatic carbocycles. The van der Waals surface area contributed by atoms with Crippen LogP contribution in [0, 0.1) is 5.82 Å². The van der Waals surface area contributed by atoms with Gasteiger partial charge in [0.05, 0.1) is 0 Å². The maximum Gasteiger partial charge on any atom is 0.247 e. The summed E-state index contributed by atoms with van der Waals surface area (Å²) in [6.45, 7) is 0. The molecule has 1 saturated carbocycles. The van der Waals surface area contributed by atoms with Gasteiger partial charge in [0.1, 0.15) is 11.9 Å². The van der Waals surface area contributed by atoms with Gasteiger partial charge in [-0.25, -0.2) is 4.39 Å². The third kappa shape index (κ3) is 3.85. The van der Waals surface area contributed by atoms with E-state index in [1.54, 1.807) is 12.1 Å². The molecule has 5 heteroatoms. The Balaban J connectivity index is 1.84.